The van der Waals surface area contributed by atoms with Gasteiger partial charge in [-0.2, -0.15) is 0 Å². The second kappa shape index (κ2) is 18.0. The summed E-state index contributed by atoms with van der Waals surface area (Å²) in [6, 6.07) is 0. The SMILES string of the molecule is C=C(C)C(=O)OC[C@H](OC(=O)C(=C)C)[C@@H](COC(=O)C(=C)C)OC(=O)C(=C)C.OCC(CO)(CO)CO. The molecule has 0 saturated carbocycles. The summed E-state index contributed by atoms with van der Waals surface area (Å²) < 4.78 is 20.4. The first-order valence-electron chi connectivity index (χ1n) is 10.9. The summed E-state index contributed by atoms with van der Waals surface area (Å²) in [5.41, 5.74) is -0.733. The van der Waals surface area contributed by atoms with Crippen molar-refractivity contribution in [2.45, 2.75) is 39.9 Å². The molecule has 0 aliphatic rings. The van der Waals surface area contributed by atoms with Crippen molar-refractivity contribution in [3.63, 3.8) is 0 Å². The maximum atomic E-state index is 11.9. The van der Waals surface area contributed by atoms with Crippen LogP contribution in [0.4, 0.5) is 0 Å². The smallest absolute Gasteiger partial charge is 0.333 e. The third-order valence-electron chi connectivity index (χ3n) is 4.42. The zero-order chi connectivity index (χ0) is 29.3. The Kier molecular flexibility index (Phi) is 17.4. The highest BCUT2D eigenvalue weighted by molar-refractivity contribution is 5.89. The van der Waals surface area contributed by atoms with Crippen molar-refractivity contribution in [3.8, 4) is 0 Å². The predicted octanol–water partition coefficient (Wildman–Crippen LogP) is 0.143. The minimum absolute atomic E-state index is 0.0696. The topological polar surface area (TPSA) is 186 Å². The first-order valence-corrected chi connectivity index (χ1v) is 10.9. The molecule has 0 amide bonds. The molecule has 2 atom stereocenters. The fourth-order valence-corrected chi connectivity index (χ4v) is 1.77. The Morgan fingerprint density at radius 1 is 0.568 bits per heavy atom. The molecule has 210 valence electrons. The first-order chi connectivity index (χ1) is 17.1. The van der Waals surface area contributed by atoms with Gasteiger partial charge in [-0.05, 0) is 27.7 Å². The fraction of sp³-hybridized carbons (Fsp3) is 0.520. The number of aliphatic hydroxyl groups is 4. The fourth-order valence-electron chi connectivity index (χ4n) is 1.77. The molecule has 4 N–H and O–H groups in total. The van der Waals surface area contributed by atoms with Crippen molar-refractivity contribution in [2.75, 3.05) is 39.6 Å². The highest BCUT2D eigenvalue weighted by atomic mass is 16.6. The molecule has 12 nitrogen and oxygen atoms in total. The van der Waals surface area contributed by atoms with Crippen molar-refractivity contribution in [1.29, 1.82) is 0 Å². The lowest BCUT2D eigenvalue weighted by atomic mass is 9.93. The molecule has 0 heterocycles. The number of ether oxygens (including phenoxy) is 4. The second-order valence-corrected chi connectivity index (χ2v) is 8.34. The quantitative estimate of drug-likeness (QED) is 0.128. The first kappa shape index (κ1) is 35.8. The van der Waals surface area contributed by atoms with Gasteiger partial charge >= 0.3 is 23.9 Å². The second-order valence-electron chi connectivity index (χ2n) is 8.34. The van der Waals surface area contributed by atoms with Crippen LogP contribution in [-0.2, 0) is 38.1 Å². The van der Waals surface area contributed by atoms with E-state index in [2.05, 4.69) is 26.3 Å². The average molecular weight is 531 g/mol. The van der Waals surface area contributed by atoms with Crippen LogP contribution in [0.3, 0.4) is 0 Å². The van der Waals surface area contributed by atoms with E-state index in [1.807, 2.05) is 0 Å². The molecule has 0 radical (unpaired) electrons. The third kappa shape index (κ3) is 14.1. The van der Waals surface area contributed by atoms with Crippen LogP contribution < -0.4 is 0 Å². The standard InChI is InChI=1S/C20H26O8.C5H12O4/c1-11(2)17(21)25-9-15(27-19(23)13(5)6)16(28-20(24)14(7)8)10-26-18(22)12(3)4;6-1-5(2-7,3-8)4-9/h15-16H,1,3,5,7,9-10H2,2,4,6,8H3;6-9H,1-4H2/t15-,16+;. The van der Waals surface area contributed by atoms with Gasteiger partial charge in [-0.15, -0.1) is 0 Å². The Labute approximate surface area is 216 Å². The molecule has 0 fully saturated rings. The van der Waals surface area contributed by atoms with Crippen LogP contribution >= 0.6 is 0 Å². The number of carbonyl (C=O) groups is 4. The van der Waals surface area contributed by atoms with Crippen LogP contribution in [0, 0.1) is 5.41 Å². The number of carbonyl (C=O) groups excluding carboxylic acids is 4. The average Bonchev–Trinajstić information content (AvgIpc) is 2.85. The Morgan fingerprint density at radius 3 is 0.973 bits per heavy atom. The lowest BCUT2D eigenvalue weighted by Crippen LogP contribution is -2.42. The van der Waals surface area contributed by atoms with Crippen LogP contribution in [0.1, 0.15) is 27.7 Å². The molecule has 0 aromatic carbocycles. The van der Waals surface area contributed by atoms with Gasteiger partial charge in [0.05, 0.1) is 31.8 Å². The van der Waals surface area contributed by atoms with Gasteiger partial charge in [0.1, 0.15) is 13.2 Å². The van der Waals surface area contributed by atoms with E-state index in [-0.39, 0.29) is 22.3 Å². The third-order valence-corrected chi connectivity index (χ3v) is 4.42. The van der Waals surface area contributed by atoms with Crippen molar-refractivity contribution in [2.24, 2.45) is 5.41 Å². The summed E-state index contributed by atoms with van der Waals surface area (Å²) >= 11 is 0. The number of esters is 4. The lowest BCUT2D eigenvalue weighted by Gasteiger charge is -2.26. The zero-order valence-corrected chi connectivity index (χ0v) is 21.8. The molecular weight excluding hydrogens is 492 g/mol. The number of aliphatic hydroxyl groups excluding tert-OH is 4. The van der Waals surface area contributed by atoms with Crippen LogP contribution in [0.25, 0.3) is 0 Å². The normalized spacial score (nSPS) is 12.0. The number of hydrogen-bond donors (Lipinski definition) is 4. The number of hydrogen-bond acceptors (Lipinski definition) is 12. The summed E-state index contributed by atoms with van der Waals surface area (Å²) in [5.74, 6) is -3.08. The van der Waals surface area contributed by atoms with Gasteiger partial charge < -0.3 is 39.4 Å². The van der Waals surface area contributed by atoms with E-state index < -0.39 is 81.1 Å². The predicted molar refractivity (Wildman–Crippen MR) is 132 cm³/mol. The Morgan fingerprint density at radius 2 is 0.811 bits per heavy atom. The summed E-state index contributed by atoms with van der Waals surface area (Å²) in [5, 5.41) is 34.0. The van der Waals surface area contributed by atoms with Gasteiger partial charge in [-0.25, -0.2) is 19.2 Å². The zero-order valence-electron chi connectivity index (χ0n) is 21.8. The van der Waals surface area contributed by atoms with Crippen LogP contribution in [0.5, 0.6) is 0 Å². The molecule has 0 aromatic rings. The van der Waals surface area contributed by atoms with Crippen molar-refractivity contribution in [3.05, 3.63) is 48.6 Å². The molecule has 0 aliphatic carbocycles. The minimum Gasteiger partial charge on any atom is -0.458 e. The van der Waals surface area contributed by atoms with Gasteiger partial charge in [0.25, 0.3) is 0 Å². The van der Waals surface area contributed by atoms with E-state index in [4.69, 9.17) is 39.4 Å². The maximum Gasteiger partial charge on any atom is 0.333 e. The summed E-state index contributed by atoms with van der Waals surface area (Å²) in [4.78, 5) is 47.2. The monoisotopic (exact) mass is 530 g/mol. The summed E-state index contributed by atoms with van der Waals surface area (Å²) in [6.45, 7) is 16.9. The van der Waals surface area contributed by atoms with Crippen LogP contribution in [-0.4, -0.2) is 96.2 Å². The highest BCUT2D eigenvalue weighted by Gasteiger charge is 2.32. The summed E-state index contributed by atoms with van der Waals surface area (Å²) in [7, 11) is 0. The Balaban J connectivity index is 0. The van der Waals surface area contributed by atoms with E-state index in [1.54, 1.807) is 0 Å². The molecule has 0 aromatic heterocycles. The van der Waals surface area contributed by atoms with E-state index in [0.29, 0.717) is 0 Å². The molecule has 12 heteroatoms. The van der Waals surface area contributed by atoms with E-state index in [1.165, 1.54) is 27.7 Å². The largest absolute Gasteiger partial charge is 0.458 e. The molecule has 0 aliphatic heterocycles. The van der Waals surface area contributed by atoms with Crippen molar-refractivity contribution < 1.29 is 58.6 Å². The van der Waals surface area contributed by atoms with Gasteiger partial charge in [0.15, 0.2) is 12.2 Å². The van der Waals surface area contributed by atoms with Crippen molar-refractivity contribution >= 4 is 23.9 Å². The Bertz CT molecular complexity index is 776. The molecule has 0 saturated heterocycles. The molecular formula is C25H38O12. The Hall–Kier alpha value is -3.32. The van der Waals surface area contributed by atoms with Gasteiger partial charge in [0, 0.05) is 22.3 Å². The lowest BCUT2D eigenvalue weighted by molar-refractivity contribution is -0.177. The minimum atomic E-state index is -1.27. The van der Waals surface area contributed by atoms with Gasteiger partial charge in [-0.3, -0.25) is 0 Å². The molecule has 0 unspecified atom stereocenters. The van der Waals surface area contributed by atoms with E-state index in [9.17, 15) is 19.2 Å². The summed E-state index contributed by atoms with van der Waals surface area (Å²) in [6.07, 6.45) is -2.54. The van der Waals surface area contributed by atoms with Crippen LogP contribution in [0.2, 0.25) is 0 Å². The van der Waals surface area contributed by atoms with E-state index >= 15 is 0 Å². The number of rotatable bonds is 15. The molecule has 37 heavy (non-hydrogen) atoms. The highest BCUT2D eigenvalue weighted by Crippen LogP contribution is 2.13. The van der Waals surface area contributed by atoms with Gasteiger partial charge in [-0.1, -0.05) is 26.3 Å². The van der Waals surface area contributed by atoms with Crippen LogP contribution in [0.15, 0.2) is 48.6 Å². The van der Waals surface area contributed by atoms with E-state index in [0.717, 1.165) is 0 Å². The molecule has 0 rings (SSSR count). The molecule has 0 spiro atoms. The maximum absolute atomic E-state index is 11.9. The van der Waals surface area contributed by atoms with Gasteiger partial charge in [0.2, 0.25) is 0 Å². The molecule has 0 bridgehead atoms. The van der Waals surface area contributed by atoms with Crippen molar-refractivity contribution in [1.82, 2.24) is 0 Å².